The van der Waals surface area contributed by atoms with E-state index < -0.39 is 0 Å². The van der Waals surface area contributed by atoms with Crippen LogP contribution in [0.15, 0.2) is 42.5 Å². The van der Waals surface area contributed by atoms with Gasteiger partial charge < -0.3 is 19.9 Å². The quantitative estimate of drug-likeness (QED) is 0.706. The van der Waals surface area contributed by atoms with E-state index in [4.69, 9.17) is 4.74 Å². The minimum Gasteiger partial charge on any atom is -0.497 e. The van der Waals surface area contributed by atoms with E-state index in [1.165, 1.54) is 27.9 Å². The number of nitrogens with zero attached hydrogens (tertiary/aromatic N) is 1. The average molecular weight is 363 g/mol. The van der Waals surface area contributed by atoms with E-state index in [-0.39, 0.29) is 5.91 Å². The van der Waals surface area contributed by atoms with Crippen LogP contribution in [-0.4, -0.2) is 31.1 Å². The van der Waals surface area contributed by atoms with E-state index in [0.717, 1.165) is 37.2 Å². The fraction of sp³-hybridized carbons (Fsp3) is 0.318. The topological polar surface area (TPSA) is 57.4 Å². The molecule has 0 aliphatic carbocycles. The monoisotopic (exact) mass is 363 g/mol. The van der Waals surface area contributed by atoms with Gasteiger partial charge in [-0.2, -0.15) is 0 Å². The molecule has 1 aliphatic rings. The number of nitrogens with one attached hydrogen (secondary N) is 2. The number of para-hydroxylation sites is 1. The van der Waals surface area contributed by atoms with Gasteiger partial charge in [-0.25, -0.2) is 0 Å². The number of rotatable bonds is 6. The first-order valence-corrected chi connectivity index (χ1v) is 9.40. The van der Waals surface area contributed by atoms with Crippen LogP contribution in [-0.2, 0) is 24.2 Å². The Balaban J connectivity index is 1.67. The summed E-state index contributed by atoms with van der Waals surface area (Å²) in [4.78, 5) is 17.3. The Morgan fingerprint density at radius 2 is 2.11 bits per heavy atom. The van der Waals surface area contributed by atoms with Gasteiger partial charge in [0.1, 0.15) is 5.75 Å². The van der Waals surface area contributed by atoms with Crippen LogP contribution in [0.5, 0.6) is 5.75 Å². The number of carbonyl (C=O) groups is 1. The standard InChI is InChI=1S/C22H25N3O2/c1-15(26)23-11-9-18-19-13-17(27-2)7-8-20(19)24-21(18)14-25-12-10-16-5-3-4-6-22(16)25/h3-8,13,24H,9-12,14H2,1-2H3,(H,23,26). The Hall–Kier alpha value is -2.95. The van der Waals surface area contributed by atoms with Gasteiger partial charge >= 0.3 is 0 Å². The lowest BCUT2D eigenvalue weighted by Gasteiger charge is -2.19. The Morgan fingerprint density at radius 3 is 2.93 bits per heavy atom. The van der Waals surface area contributed by atoms with Crippen LogP contribution in [0.4, 0.5) is 5.69 Å². The van der Waals surface area contributed by atoms with Crippen molar-refractivity contribution in [2.45, 2.75) is 26.3 Å². The zero-order chi connectivity index (χ0) is 18.8. The molecule has 0 unspecified atom stereocenters. The molecule has 2 aromatic carbocycles. The molecule has 1 aromatic heterocycles. The first kappa shape index (κ1) is 17.5. The van der Waals surface area contributed by atoms with Crippen molar-refractivity contribution in [1.82, 2.24) is 10.3 Å². The molecule has 2 heterocycles. The second-order valence-electron chi connectivity index (χ2n) is 7.03. The van der Waals surface area contributed by atoms with E-state index in [2.05, 4.69) is 51.6 Å². The lowest BCUT2D eigenvalue weighted by atomic mass is 10.1. The number of methoxy groups -OCH3 is 1. The van der Waals surface area contributed by atoms with E-state index in [1.807, 2.05) is 6.07 Å². The molecule has 0 fully saturated rings. The maximum atomic E-state index is 11.3. The molecular formula is C22H25N3O2. The molecule has 5 heteroatoms. The zero-order valence-corrected chi connectivity index (χ0v) is 15.8. The molecule has 140 valence electrons. The van der Waals surface area contributed by atoms with E-state index in [0.29, 0.717) is 6.54 Å². The van der Waals surface area contributed by atoms with Crippen LogP contribution in [0.3, 0.4) is 0 Å². The van der Waals surface area contributed by atoms with Gasteiger partial charge in [0.15, 0.2) is 0 Å². The van der Waals surface area contributed by atoms with Gasteiger partial charge in [0.25, 0.3) is 0 Å². The molecule has 0 spiro atoms. The van der Waals surface area contributed by atoms with E-state index in [1.54, 1.807) is 14.0 Å². The van der Waals surface area contributed by atoms with Gasteiger partial charge in [-0.1, -0.05) is 18.2 Å². The molecule has 0 atom stereocenters. The molecule has 2 N–H and O–H groups in total. The second kappa shape index (κ2) is 7.35. The molecule has 1 aliphatic heterocycles. The van der Waals surface area contributed by atoms with E-state index >= 15 is 0 Å². The second-order valence-corrected chi connectivity index (χ2v) is 7.03. The third-order valence-electron chi connectivity index (χ3n) is 5.28. The van der Waals surface area contributed by atoms with Crippen LogP contribution in [0, 0.1) is 0 Å². The summed E-state index contributed by atoms with van der Waals surface area (Å²) in [7, 11) is 1.69. The van der Waals surface area contributed by atoms with Crippen molar-refractivity contribution in [3.8, 4) is 5.75 Å². The Kier molecular flexibility index (Phi) is 4.75. The SMILES string of the molecule is COc1ccc2[nH]c(CN3CCc4ccccc43)c(CCNC(C)=O)c2c1. The highest BCUT2D eigenvalue weighted by Crippen LogP contribution is 2.32. The summed E-state index contributed by atoms with van der Waals surface area (Å²) in [6.07, 6.45) is 1.88. The third-order valence-corrected chi connectivity index (χ3v) is 5.28. The smallest absolute Gasteiger partial charge is 0.216 e. The highest BCUT2D eigenvalue weighted by molar-refractivity contribution is 5.86. The molecule has 0 saturated heterocycles. The van der Waals surface area contributed by atoms with Crippen LogP contribution in [0.2, 0.25) is 0 Å². The van der Waals surface area contributed by atoms with Gasteiger partial charge in [0, 0.05) is 42.3 Å². The van der Waals surface area contributed by atoms with Crippen molar-refractivity contribution < 1.29 is 9.53 Å². The first-order valence-electron chi connectivity index (χ1n) is 9.40. The predicted molar refractivity (Wildman–Crippen MR) is 108 cm³/mol. The lowest BCUT2D eigenvalue weighted by Crippen LogP contribution is -2.24. The van der Waals surface area contributed by atoms with Crippen molar-refractivity contribution in [1.29, 1.82) is 0 Å². The third kappa shape index (κ3) is 3.50. The number of aromatic amines is 1. The number of hydrogen-bond acceptors (Lipinski definition) is 3. The van der Waals surface area contributed by atoms with Crippen LogP contribution in [0.25, 0.3) is 10.9 Å². The summed E-state index contributed by atoms with van der Waals surface area (Å²) in [6.45, 7) is 4.05. The zero-order valence-electron chi connectivity index (χ0n) is 15.8. The van der Waals surface area contributed by atoms with Gasteiger partial charge in [0.05, 0.1) is 13.7 Å². The van der Waals surface area contributed by atoms with Gasteiger partial charge in [-0.05, 0) is 48.2 Å². The van der Waals surface area contributed by atoms with Crippen LogP contribution < -0.4 is 15.0 Å². The number of hydrogen-bond donors (Lipinski definition) is 2. The minimum absolute atomic E-state index is 0.00226. The van der Waals surface area contributed by atoms with E-state index in [9.17, 15) is 4.79 Å². The Morgan fingerprint density at radius 1 is 1.26 bits per heavy atom. The van der Waals surface area contributed by atoms with Crippen LogP contribution in [0.1, 0.15) is 23.7 Å². The maximum Gasteiger partial charge on any atom is 0.216 e. The molecule has 27 heavy (non-hydrogen) atoms. The summed E-state index contributed by atoms with van der Waals surface area (Å²) in [6, 6.07) is 14.7. The normalized spacial score (nSPS) is 13.0. The number of H-pyrrole nitrogens is 1. The molecule has 0 radical (unpaired) electrons. The number of fused-ring (bicyclic) bond motifs is 2. The van der Waals surface area contributed by atoms with Crippen molar-refractivity contribution >= 4 is 22.5 Å². The van der Waals surface area contributed by atoms with Gasteiger partial charge in [0.2, 0.25) is 5.91 Å². The summed E-state index contributed by atoms with van der Waals surface area (Å²) in [5.41, 5.74) is 6.30. The highest BCUT2D eigenvalue weighted by Gasteiger charge is 2.21. The molecule has 4 rings (SSSR count). The minimum atomic E-state index is 0.00226. The summed E-state index contributed by atoms with van der Waals surface area (Å²) < 4.78 is 5.42. The number of amides is 1. The maximum absolute atomic E-state index is 11.3. The number of ether oxygens (including phenoxy) is 1. The van der Waals surface area contributed by atoms with Crippen LogP contribution >= 0.6 is 0 Å². The van der Waals surface area contributed by atoms with Crippen molar-refractivity contribution in [2.75, 3.05) is 25.1 Å². The summed E-state index contributed by atoms with van der Waals surface area (Å²) >= 11 is 0. The van der Waals surface area contributed by atoms with Crippen molar-refractivity contribution in [2.24, 2.45) is 0 Å². The lowest BCUT2D eigenvalue weighted by molar-refractivity contribution is -0.118. The summed E-state index contributed by atoms with van der Waals surface area (Å²) in [5, 5.41) is 4.08. The molecule has 0 bridgehead atoms. The number of benzene rings is 2. The summed E-state index contributed by atoms with van der Waals surface area (Å²) in [5.74, 6) is 0.850. The molecule has 1 amide bonds. The fourth-order valence-electron chi connectivity index (χ4n) is 3.96. The van der Waals surface area contributed by atoms with Crippen molar-refractivity contribution in [3.05, 3.63) is 59.3 Å². The predicted octanol–water partition coefficient (Wildman–Crippen LogP) is 3.42. The molecule has 0 saturated carbocycles. The Labute approximate surface area is 159 Å². The van der Waals surface area contributed by atoms with Gasteiger partial charge in [-0.15, -0.1) is 0 Å². The number of anilines is 1. The number of aromatic nitrogens is 1. The first-order chi connectivity index (χ1) is 13.2. The molecular weight excluding hydrogens is 338 g/mol. The average Bonchev–Trinajstić information content (AvgIpc) is 3.23. The molecule has 3 aromatic rings. The number of carbonyl (C=O) groups excluding carboxylic acids is 1. The van der Waals surface area contributed by atoms with Crippen molar-refractivity contribution in [3.63, 3.8) is 0 Å². The fourth-order valence-corrected chi connectivity index (χ4v) is 3.96. The Bertz CT molecular complexity index is 977. The highest BCUT2D eigenvalue weighted by atomic mass is 16.5. The molecule has 5 nitrogen and oxygen atoms in total. The largest absolute Gasteiger partial charge is 0.497 e. The van der Waals surface area contributed by atoms with Gasteiger partial charge in [-0.3, -0.25) is 4.79 Å².